The Morgan fingerprint density at radius 1 is 1.32 bits per heavy atom. The summed E-state index contributed by atoms with van der Waals surface area (Å²) in [4.78, 5) is 31.7. The van der Waals surface area contributed by atoms with E-state index >= 15 is 0 Å². The molecule has 0 spiro atoms. The van der Waals surface area contributed by atoms with E-state index in [4.69, 9.17) is 0 Å². The Bertz CT molecular complexity index is 981. The number of hydrogen-bond acceptors (Lipinski definition) is 6. The van der Waals surface area contributed by atoms with Crippen LogP contribution in [0.25, 0.3) is 11.4 Å². The van der Waals surface area contributed by atoms with Crippen molar-refractivity contribution in [3.8, 4) is 11.4 Å². The number of nitrogens with zero attached hydrogens (tertiary/aromatic N) is 7. The Morgan fingerprint density at radius 2 is 2.16 bits per heavy atom. The van der Waals surface area contributed by atoms with E-state index in [9.17, 15) is 9.59 Å². The minimum atomic E-state index is -0.343. The molecule has 1 atom stereocenters. The summed E-state index contributed by atoms with van der Waals surface area (Å²) in [6.07, 6.45) is 6.05. The molecule has 3 aromatic heterocycles. The Balaban J connectivity index is 1.64. The number of rotatable bonds is 2. The zero-order valence-corrected chi connectivity index (χ0v) is 13.7. The van der Waals surface area contributed by atoms with Crippen LogP contribution < -0.4 is 5.56 Å². The van der Waals surface area contributed by atoms with Gasteiger partial charge in [0.05, 0.1) is 30.5 Å². The number of fused-ring (bicyclic) bond motifs is 1. The van der Waals surface area contributed by atoms with Gasteiger partial charge in [0.1, 0.15) is 5.69 Å². The standard InChI is InChI=1S/C15H16N8O2/c1-9-6-22(15(25)11-4-17-13(24)5-16-11)8-12-19-20-14(23(9)12)10-3-18-21(2)7-10/h3-5,7,9H,6,8H2,1-2H3,(H,17,24)/t9-/m0/s1. The molecule has 0 aromatic carbocycles. The number of aromatic amines is 1. The maximum absolute atomic E-state index is 12.6. The number of nitrogens with one attached hydrogen (secondary N) is 1. The van der Waals surface area contributed by atoms with Crippen LogP contribution >= 0.6 is 0 Å². The van der Waals surface area contributed by atoms with E-state index in [0.717, 1.165) is 17.6 Å². The van der Waals surface area contributed by atoms with Gasteiger partial charge < -0.3 is 14.5 Å². The molecule has 10 nitrogen and oxygen atoms in total. The summed E-state index contributed by atoms with van der Waals surface area (Å²) in [6.45, 7) is 2.83. The van der Waals surface area contributed by atoms with Crippen molar-refractivity contribution < 1.29 is 4.79 Å². The first-order valence-corrected chi connectivity index (χ1v) is 7.79. The summed E-state index contributed by atoms with van der Waals surface area (Å²) in [5.74, 6) is 1.19. The first-order chi connectivity index (χ1) is 12.0. The summed E-state index contributed by atoms with van der Waals surface area (Å²) in [5, 5.41) is 12.7. The van der Waals surface area contributed by atoms with E-state index in [1.54, 1.807) is 15.8 Å². The third kappa shape index (κ3) is 2.61. The van der Waals surface area contributed by atoms with Gasteiger partial charge in [0, 0.05) is 26.0 Å². The molecule has 0 aliphatic carbocycles. The number of H-pyrrole nitrogens is 1. The second kappa shape index (κ2) is 5.65. The monoisotopic (exact) mass is 340 g/mol. The average Bonchev–Trinajstić information content (AvgIpc) is 3.21. The van der Waals surface area contributed by atoms with Crippen LogP contribution in [0.1, 0.15) is 29.3 Å². The molecule has 1 aliphatic rings. The molecule has 4 rings (SSSR count). The number of carbonyl (C=O) groups excluding carboxylic acids is 1. The van der Waals surface area contributed by atoms with E-state index in [1.807, 2.05) is 24.7 Å². The van der Waals surface area contributed by atoms with Crippen molar-refractivity contribution in [1.82, 2.24) is 39.4 Å². The fourth-order valence-corrected chi connectivity index (χ4v) is 3.04. The van der Waals surface area contributed by atoms with Gasteiger partial charge in [-0.3, -0.25) is 14.3 Å². The molecule has 3 aromatic rings. The molecule has 0 saturated heterocycles. The Hall–Kier alpha value is -3.30. The van der Waals surface area contributed by atoms with Crippen LogP contribution in [0.3, 0.4) is 0 Å². The number of hydrogen-bond donors (Lipinski definition) is 1. The van der Waals surface area contributed by atoms with Crippen LogP contribution in [0.4, 0.5) is 0 Å². The number of amides is 1. The summed E-state index contributed by atoms with van der Waals surface area (Å²) < 4.78 is 3.74. The van der Waals surface area contributed by atoms with E-state index < -0.39 is 0 Å². The lowest BCUT2D eigenvalue weighted by atomic mass is 10.2. The van der Waals surface area contributed by atoms with Crippen LogP contribution in [0.2, 0.25) is 0 Å². The van der Waals surface area contributed by atoms with Crippen molar-refractivity contribution in [1.29, 1.82) is 0 Å². The molecule has 4 heterocycles. The van der Waals surface area contributed by atoms with E-state index in [1.165, 1.54) is 6.20 Å². The Labute approximate surface area is 142 Å². The third-order valence-corrected chi connectivity index (χ3v) is 4.17. The average molecular weight is 340 g/mol. The van der Waals surface area contributed by atoms with E-state index in [0.29, 0.717) is 18.9 Å². The van der Waals surface area contributed by atoms with Gasteiger partial charge in [-0.2, -0.15) is 5.10 Å². The molecule has 0 unspecified atom stereocenters. The second-order valence-corrected chi connectivity index (χ2v) is 6.04. The highest BCUT2D eigenvalue weighted by atomic mass is 16.2. The molecule has 1 aliphatic heterocycles. The van der Waals surface area contributed by atoms with Crippen LogP contribution in [0, 0.1) is 0 Å². The topological polar surface area (TPSA) is 115 Å². The lowest BCUT2D eigenvalue weighted by molar-refractivity contribution is 0.0675. The largest absolute Gasteiger partial charge is 0.328 e. The maximum Gasteiger partial charge on any atom is 0.274 e. The first-order valence-electron chi connectivity index (χ1n) is 7.79. The highest BCUT2D eigenvalue weighted by Gasteiger charge is 2.30. The van der Waals surface area contributed by atoms with Gasteiger partial charge in [-0.05, 0) is 6.92 Å². The number of aryl methyl sites for hydroxylation is 1. The van der Waals surface area contributed by atoms with Crippen molar-refractivity contribution in [3.05, 3.63) is 46.7 Å². The molecular formula is C15H16N8O2. The van der Waals surface area contributed by atoms with E-state index in [2.05, 4.69) is 25.3 Å². The summed E-state index contributed by atoms with van der Waals surface area (Å²) in [7, 11) is 1.85. The van der Waals surface area contributed by atoms with Crippen molar-refractivity contribution in [2.24, 2.45) is 7.05 Å². The molecule has 1 N–H and O–H groups in total. The fraction of sp³-hybridized carbons (Fsp3) is 0.333. The predicted molar refractivity (Wildman–Crippen MR) is 86.5 cm³/mol. The molecule has 0 bridgehead atoms. The molecule has 25 heavy (non-hydrogen) atoms. The SMILES string of the molecule is C[C@H]1CN(C(=O)c2c[nH]c(=O)cn2)Cc2nnc(-c3cnn(C)c3)n21. The van der Waals surface area contributed by atoms with Crippen LogP contribution in [0.5, 0.6) is 0 Å². The molecule has 0 saturated carbocycles. The minimum absolute atomic E-state index is 0.000618. The minimum Gasteiger partial charge on any atom is -0.328 e. The van der Waals surface area contributed by atoms with Crippen LogP contribution in [-0.4, -0.2) is 51.9 Å². The first kappa shape index (κ1) is 15.2. The quantitative estimate of drug-likeness (QED) is 0.701. The summed E-state index contributed by atoms with van der Waals surface area (Å²) >= 11 is 0. The highest BCUT2D eigenvalue weighted by molar-refractivity contribution is 5.92. The van der Waals surface area contributed by atoms with Crippen molar-refractivity contribution >= 4 is 5.91 Å². The lowest BCUT2D eigenvalue weighted by Crippen LogP contribution is -2.41. The normalized spacial score (nSPS) is 16.7. The maximum atomic E-state index is 12.6. The Kier molecular flexibility index (Phi) is 3.45. The predicted octanol–water partition coefficient (Wildman–Crippen LogP) is -0.0211. The van der Waals surface area contributed by atoms with Gasteiger partial charge in [0.15, 0.2) is 11.6 Å². The van der Waals surface area contributed by atoms with Gasteiger partial charge in [-0.1, -0.05) is 0 Å². The number of carbonyl (C=O) groups is 1. The van der Waals surface area contributed by atoms with Crippen LogP contribution in [-0.2, 0) is 13.6 Å². The smallest absolute Gasteiger partial charge is 0.274 e. The zero-order chi connectivity index (χ0) is 17.6. The second-order valence-electron chi connectivity index (χ2n) is 6.04. The molecular weight excluding hydrogens is 324 g/mol. The Morgan fingerprint density at radius 3 is 2.84 bits per heavy atom. The molecule has 0 fully saturated rings. The molecule has 10 heteroatoms. The fourth-order valence-electron chi connectivity index (χ4n) is 3.04. The van der Waals surface area contributed by atoms with Gasteiger partial charge in [-0.25, -0.2) is 4.98 Å². The lowest BCUT2D eigenvalue weighted by Gasteiger charge is -2.32. The summed E-state index contributed by atoms with van der Waals surface area (Å²) in [6, 6.07) is 0.000618. The van der Waals surface area contributed by atoms with Crippen molar-refractivity contribution in [2.45, 2.75) is 19.5 Å². The summed E-state index contributed by atoms with van der Waals surface area (Å²) in [5.41, 5.74) is 0.742. The van der Waals surface area contributed by atoms with Gasteiger partial charge in [-0.15, -0.1) is 10.2 Å². The van der Waals surface area contributed by atoms with Crippen molar-refractivity contribution in [3.63, 3.8) is 0 Å². The van der Waals surface area contributed by atoms with Gasteiger partial charge >= 0.3 is 0 Å². The van der Waals surface area contributed by atoms with Gasteiger partial charge in [0.2, 0.25) is 0 Å². The van der Waals surface area contributed by atoms with Crippen LogP contribution in [0.15, 0.2) is 29.6 Å². The third-order valence-electron chi connectivity index (χ3n) is 4.17. The van der Waals surface area contributed by atoms with Gasteiger partial charge in [0.25, 0.3) is 11.5 Å². The van der Waals surface area contributed by atoms with Crippen molar-refractivity contribution in [2.75, 3.05) is 6.54 Å². The molecule has 0 radical (unpaired) electrons. The molecule has 128 valence electrons. The number of aromatic nitrogens is 7. The molecule has 1 amide bonds. The zero-order valence-electron chi connectivity index (χ0n) is 13.7. The van der Waals surface area contributed by atoms with E-state index in [-0.39, 0.29) is 23.2 Å². The highest BCUT2D eigenvalue weighted by Crippen LogP contribution is 2.27.